The maximum atomic E-state index is 13.2. The van der Waals surface area contributed by atoms with Crippen LogP contribution in [-0.4, -0.2) is 67.3 Å². The Hall–Kier alpha value is -2.79. The van der Waals surface area contributed by atoms with Gasteiger partial charge in [-0.25, -0.2) is 14.4 Å². The molecule has 7 unspecified atom stereocenters. The van der Waals surface area contributed by atoms with E-state index >= 15 is 0 Å². The summed E-state index contributed by atoms with van der Waals surface area (Å²) < 4.78 is 52.2. The Kier molecular flexibility index (Phi) is 5.95. The van der Waals surface area contributed by atoms with E-state index < -0.39 is 66.7 Å². The molecule has 208 valence electrons. The number of halogens is 2. The minimum atomic E-state index is -3.70. The van der Waals surface area contributed by atoms with Crippen LogP contribution in [0.4, 0.5) is 8.78 Å². The van der Waals surface area contributed by atoms with Crippen LogP contribution in [0.1, 0.15) is 51.9 Å². The highest BCUT2D eigenvalue weighted by atomic mass is 19.3. The van der Waals surface area contributed by atoms with Gasteiger partial charge in [0.2, 0.25) is 0 Å². The number of carbonyl (C=O) groups is 5. The molecule has 6 bridgehead atoms. The first-order valence-electron chi connectivity index (χ1n) is 13.3. The summed E-state index contributed by atoms with van der Waals surface area (Å²) in [4.78, 5) is 61.1. The second-order valence-corrected chi connectivity index (χ2v) is 12.1. The fourth-order valence-corrected chi connectivity index (χ4v) is 8.39. The quantitative estimate of drug-likeness (QED) is 0.333. The average Bonchev–Trinajstić information content (AvgIpc) is 3.47. The summed E-state index contributed by atoms with van der Waals surface area (Å²) in [5.41, 5.74) is -0.781. The van der Waals surface area contributed by atoms with E-state index in [9.17, 15) is 32.8 Å². The minimum absolute atomic E-state index is 0.0888. The number of fused-ring (bicyclic) bond motifs is 1. The summed E-state index contributed by atoms with van der Waals surface area (Å²) in [6, 6.07) is 0. The first-order chi connectivity index (χ1) is 17.9. The van der Waals surface area contributed by atoms with Crippen molar-refractivity contribution < 1.29 is 56.4 Å². The number of esters is 5. The monoisotopic (exact) mass is 540 g/mol. The van der Waals surface area contributed by atoms with E-state index in [4.69, 9.17) is 18.9 Å². The predicted molar refractivity (Wildman–Crippen MR) is 118 cm³/mol. The highest BCUT2D eigenvalue weighted by molar-refractivity contribution is 5.82. The van der Waals surface area contributed by atoms with Gasteiger partial charge in [-0.05, 0) is 62.7 Å². The molecule has 7 aliphatic rings. The Morgan fingerprint density at radius 1 is 0.895 bits per heavy atom. The van der Waals surface area contributed by atoms with E-state index in [0.29, 0.717) is 32.6 Å². The smallest absolute Gasteiger partial charge is 0.377 e. The number of ether oxygens (including phenoxy) is 5. The number of hydrogen-bond donors (Lipinski definition) is 0. The lowest BCUT2D eigenvalue weighted by Crippen LogP contribution is -2.57. The Morgan fingerprint density at radius 2 is 1.53 bits per heavy atom. The summed E-state index contributed by atoms with van der Waals surface area (Å²) in [5, 5.41) is 0. The van der Waals surface area contributed by atoms with Crippen LogP contribution in [-0.2, 0) is 47.7 Å². The molecule has 38 heavy (non-hydrogen) atoms. The molecule has 1 heterocycles. The highest BCUT2D eigenvalue weighted by Gasteiger charge is 2.64. The van der Waals surface area contributed by atoms with Crippen molar-refractivity contribution in [1.82, 2.24) is 0 Å². The number of hydrogen-bond acceptors (Lipinski definition) is 10. The van der Waals surface area contributed by atoms with Gasteiger partial charge >= 0.3 is 35.8 Å². The zero-order valence-corrected chi connectivity index (χ0v) is 20.9. The lowest BCUT2D eigenvalue weighted by Gasteiger charge is -2.57. The van der Waals surface area contributed by atoms with Gasteiger partial charge in [-0.15, -0.1) is 0 Å². The SMILES string of the molecule is CC(F)(F)C(=O)OCC(=O)OC1C2CC3CC1CC(C(=O)OCC(=O)OC1C4CC5C(=O)OC1C5C4)(C3)C2. The maximum Gasteiger partial charge on any atom is 0.377 e. The third-order valence-electron chi connectivity index (χ3n) is 9.57. The normalized spacial score (nSPS) is 41.6. The predicted octanol–water partition coefficient (Wildman–Crippen LogP) is 1.96. The van der Waals surface area contributed by atoms with Crippen LogP contribution in [0.3, 0.4) is 0 Å². The standard InChI is InChI=1S/C26H30F2O10/c1-25(27,28)23(32)34-9-17(29)36-19-13-2-11-3-14(19)8-26(6-11,7-13)24(33)35-10-18(30)37-20-12-4-15-16(5-12)22(31)38-21(15)20/h11-16,19-21H,2-10H2,1H3. The van der Waals surface area contributed by atoms with E-state index in [1.54, 1.807) is 0 Å². The Bertz CT molecular complexity index is 1050. The Labute approximate surface area is 217 Å². The minimum Gasteiger partial charge on any atom is -0.459 e. The molecule has 6 aliphatic carbocycles. The zero-order valence-electron chi connectivity index (χ0n) is 20.9. The summed E-state index contributed by atoms with van der Waals surface area (Å²) in [6.07, 6.45) is 3.03. The van der Waals surface area contributed by atoms with E-state index in [0.717, 1.165) is 19.3 Å². The first kappa shape index (κ1) is 25.5. The van der Waals surface area contributed by atoms with Crippen molar-refractivity contribution in [2.75, 3.05) is 13.2 Å². The van der Waals surface area contributed by atoms with Gasteiger partial charge in [0.1, 0.15) is 18.3 Å². The van der Waals surface area contributed by atoms with Crippen LogP contribution in [0.2, 0.25) is 0 Å². The van der Waals surface area contributed by atoms with Gasteiger partial charge in [0, 0.05) is 18.8 Å². The zero-order chi connectivity index (χ0) is 27.0. The number of carbonyl (C=O) groups excluding carboxylic acids is 5. The highest BCUT2D eigenvalue weighted by Crippen LogP contribution is 2.61. The van der Waals surface area contributed by atoms with Gasteiger partial charge in [0.15, 0.2) is 13.2 Å². The lowest BCUT2D eigenvalue weighted by atomic mass is 9.48. The van der Waals surface area contributed by atoms with Crippen LogP contribution in [0.5, 0.6) is 0 Å². The fraction of sp³-hybridized carbons (Fsp3) is 0.808. The van der Waals surface area contributed by atoms with Crippen molar-refractivity contribution >= 4 is 29.8 Å². The van der Waals surface area contributed by atoms with Gasteiger partial charge in [-0.2, -0.15) is 8.78 Å². The molecule has 1 saturated heterocycles. The summed E-state index contributed by atoms with van der Waals surface area (Å²) in [6.45, 7) is -1.04. The molecule has 0 amide bonds. The molecule has 12 heteroatoms. The van der Waals surface area contributed by atoms with E-state index in [2.05, 4.69) is 4.74 Å². The molecule has 0 N–H and O–H groups in total. The van der Waals surface area contributed by atoms with Gasteiger partial charge in [0.05, 0.1) is 11.3 Å². The molecule has 7 rings (SSSR count). The first-order valence-corrected chi connectivity index (χ1v) is 13.3. The maximum absolute atomic E-state index is 13.2. The molecule has 7 fully saturated rings. The summed E-state index contributed by atoms with van der Waals surface area (Å²) in [5.74, 6) is -7.66. The summed E-state index contributed by atoms with van der Waals surface area (Å²) in [7, 11) is 0. The third kappa shape index (κ3) is 4.23. The van der Waals surface area contributed by atoms with Crippen molar-refractivity contribution in [1.29, 1.82) is 0 Å². The van der Waals surface area contributed by atoms with Crippen LogP contribution >= 0.6 is 0 Å². The number of rotatable bonds is 8. The van der Waals surface area contributed by atoms with Crippen LogP contribution in [0.25, 0.3) is 0 Å². The molecule has 7 atom stereocenters. The Morgan fingerprint density at radius 3 is 2.18 bits per heavy atom. The van der Waals surface area contributed by atoms with E-state index in [-0.39, 0.29) is 41.5 Å². The largest absolute Gasteiger partial charge is 0.459 e. The van der Waals surface area contributed by atoms with Crippen LogP contribution in [0, 0.1) is 40.9 Å². The molecule has 0 aromatic rings. The third-order valence-corrected chi connectivity index (χ3v) is 9.57. The van der Waals surface area contributed by atoms with Gasteiger partial charge < -0.3 is 23.7 Å². The van der Waals surface area contributed by atoms with Crippen molar-refractivity contribution in [3.8, 4) is 0 Å². The van der Waals surface area contributed by atoms with Crippen LogP contribution in [0.15, 0.2) is 0 Å². The molecule has 1 aliphatic heterocycles. The topological polar surface area (TPSA) is 132 Å². The van der Waals surface area contributed by atoms with Gasteiger partial charge in [-0.3, -0.25) is 9.59 Å². The van der Waals surface area contributed by atoms with Gasteiger partial charge in [0.25, 0.3) is 0 Å². The van der Waals surface area contributed by atoms with Crippen LogP contribution < -0.4 is 0 Å². The molecule has 10 nitrogen and oxygen atoms in total. The van der Waals surface area contributed by atoms with E-state index in [1.807, 2.05) is 0 Å². The molecular formula is C26H30F2O10. The van der Waals surface area contributed by atoms with Crippen molar-refractivity contribution in [3.05, 3.63) is 0 Å². The van der Waals surface area contributed by atoms with Crippen molar-refractivity contribution in [2.24, 2.45) is 40.9 Å². The second kappa shape index (κ2) is 8.87. The Balaban J connectivity index is 1.01. The molecule has 0 aromatic heterocycles. The second-order valence-electron chi connectivity index (χ2n) is 12.1. The molecule has 6 saturated carbocycles. The molecule has 0 radical (unpaired) electrons. The molecule has 0 spiro atoms. The fourth-order valence-electron chi connectivity index (χ4n) is 8.39. The average molecular weight is 541 g/mol. The molecular weight excluding hydrogens is 510 g/mol. The lowest BCUT2D eigenvalue weighted by molar-refractivity contribution is -0.201. The van der Waals surface area contributed by atoms with Crippen molar-refractivity contribution in [3.63, 3.8) is 0 Å². The van der Waals surface area contributed by atoms with E-state index in [1.165, 1.54) is 0 Å². The molecule has 0 aromatic carbocycles. The van der Waals surface area contributed by atoms with Crippen molar-refractivity contribution in [2.45, 2.75) is 76.1 Å². The van der Waals surface area contributed by atoms with Gasteiger partial charge in [-0.1, -0.05) is 0 Å². The summed E-state index contributed by atoms with van der Waals surface area (Å²) >= 11 is 0. The number of alkyl halides is 2.